The maximum Gasteiger partial charge on any atom is 0.330 e. The molecule has 2 N–H and O–H groups in total. The van der Waals surface area contributed by atoms with Gasteiger partial charge in [0.2, 0.25) is 0 Å². The third-order valence-electron chi connectivity index (χ3n) is 2.88. The quantitative estimate of drug-likeness (QED) is 0.856. The fraction of sp³-hybridized carbons (Fsp3) is 0.500. The van der Waals surface area contributed by atoms with Crippen LogP contribution in [0.4, 0.5) is 0 Å². The maximum atomic E-state index is 12.1. The highest BCUT2D eigenvalue weighted by molar-refractivity contribution is 5.71. The van der Waals surface area contributed by atoms with E-state index in [1.807, 2.05) is 26.0 Å². The standard InChI is InChI=1S/C12H18N4O/c1-12(2,13)6-8-16-10-9(5-4-7-14-10)15(3)11(16)17/h4-5,7H,6,8,13H2,1-3H3. The average Bonchev–Trinajstić information content (AvgIpc) is 2.49. The number of nitrogens with zero attached hydrogens (tertiary/aromatic N) is 3. The van der Waals surface area contributed by atoms with Crippen molar-refractivity contribution in [2.45, 2.75) is 32.4 Å². The summed E-state index contributed by atoms with van der Waals surface area (Å²) in [5, 5.41) is 0. The molecule has 0 bridgehead atoms. The highest BCUT2D eigenvalue weighted by atomic mass is 16.1. The van der Waals surface area contributed by atoms with Crippen molar-refractivity contribution in [3.8, 4) is 0 Å². The van der Waals surface area contributed by atoms with Crippen molar-refractivity contribution >= 4 is 11.2 Å². The van der Waals surface area contributed by atoms with Gasteiger partial charge in [0.05, 0.1) is 5.52 Å². The molecule has 0 unspecified atom stereocenters. The van der Waals surface area contributed by atoms with Gasteiger partial charge in [0.1, 0.15) is 0 Å². The van der Waals surface area contributed by atoms with Gasteiger partial charge in [-0.15, -0.1) is 0 Å². The molecule has 2 heterocycles. The van der Waals surface area contributed by atoms with Crippen molar-refractivity contribution < 1.29 is 0 Å². The molecule has 0 aliphatic heterocycles. The van der Waals surface area contributed by atoms with E-state index in [0.717, 1.165) is 17.6 Å². The lowest BCUT2D eigenvalue weighted by atomic mass is 10.0. The van der Waals surface area contributed by atoms with Gasteiger partial charge in [0.25, 0.3) is 0 Å². The van der Waals surface area contributed by atoms with Gasteiger partial charge < -0.3 is 5.73 Å². The fourth-order valence-corrected chi connectivity index (χ4v) is 1.83. The van der Waals surface area contributed by atoms with Gasteiger partial charge in [0.15, 0.2) is 5.65 Å². The van der Waals surface area contributed by atoms with Crippen molar-refractivity contribution in [1.29, 1.82) is 0 Å². The van der Waals surface area contributed by atoms with Gasteiger partial charge in [-0.3, -0.25) is 9.13 Å². The van der Waals surface area contributed by atoms with Crippen LogP contribution in [-0.2, 0) is 13.6 Å². The molecule has 0 aliphatic rings. The van der Waals surface area contributed by atoms with E-state index in [-0.39, 0.29) is 11.2 Å². The van der Waals surface area contributed by atoms with Crippen LogP contribution in [0, 0.1) is 0 Å². The zero-order chi connectivity index (χ0) is 12.6. The summed E-state index contributed by atoms with van der Waals surface area (Å²) < 4.78 is 3.30. The number of hydrogen-bond donors (Lipinski definition) is 1. The van der Waals surface area contributed by atoms with Gasteiger partial charge in [-0.25, -0.2) is 9.78 Å². The molecule has 2 rings (SSSR count). The van der Waals surface area contributed by atoms with E-state index in [4.69, 9.17) is 5.73 Å². The second-order valence-corrected chi connectivity index (χ2v) is 5.08. The van der Waals surface area contributed by atoms with E-state index >= 15 is 0 Å². The smallest absolute Gasteiger partial charge is 0.325 e. The van der Waals surface area contributed by atoms with E-state index in [1.54, 1.807) is 22.4 Å². The first-order chi connectivity index (χ1) is 7.90. The molecule has 0 saturated heterocycles. The van der Waals surface area contributed by atoms with E-state index < -0.39 is 0 Å². The lowest BCUT2D eigenvalue weighted by molar-refractivity contribution is 0.434. The summed E-state index contributed by atoms with van der Waals surface area (Å²) in [6, 6.07) is 3.73. The Hall–Kier alpha value is -1.62. The molecule has 5 heteroatoms. The minimum atomic E-state index is -0.281. The SMILES string of the molecule is Cn1c(=O)n(CCC(C)(C)N)c2ncccc21. The number of aryl methyl sites for hydroxylation is 2. The highest BCUT2D eigenvalue weighted by Gasteiger charge is 2.15. The van der Waals surface area contributed by atoms with Gasteiger partial charge in [0, 0.05) is 25.3 Å². The number of nitrogens with two attached hydrogens (primary N) is 1. The Morgan fingerprint density at radius 3 is 2.82 bits per heavy atom. The summed E-state index contributed by atoms with van der Waals surface area (Å²) in [7, 11) is 1.76. The maximum absolute atomic E-state index is 12.1. The number of fused-ring (bicyclic) bond motifs is 1. The van der Waals surface area contributed by atoms with Crippen LogP contribution < -0.4 is 11.4 Å². The Bertz CT molecular complexity index is 589. The van der Waals surface area contributed by atoms with Crippen molar-refractivity contribution in [3.63, 3.8) is 0 Å². The Morgan fingerprint density at radius 1 is 1.47 bits per heavy atom. The number of hydrogen-bond acceptors (Lipinski definition) is 3. The minimum Gasteiger partial charge on any atom is -0.325 e. The van der Waals surface area contributed by atoms with Crippen LogP contribution >= 0.6 is 0 Å². The molecule has 0 amide bonds. The molecule has 2 aromatic heterocycles. The molecule has 0 fully saturated rings. The topological polar surface area (TPSA) is 65.8 Å². The second-order valence-electron chi connectivity index (χ2n) is 5.08. The van der Waals surface area contributed by atoms with Crippen LogP contribution in [0.5, 0.6) is 0 Å². The molecule has 0 aromatic carbocycles. The Morgan fingerprint density at radius 2 is 2.18 bits per heavy atom. The van der Waals surface area contributed by atoms with Crippen molar-refractivity contribution in [2.24, 2.45) is 12.8 Å². The Kier molecular flexibility index (Phi) is 2.79. The zero-order valence-corrected chi connectivity index (χ0v) is 10.5. The third kappa shape index (κ3) is 2.24. The molecule has 0 atom stereocenters. The predicted octanol–water partition coefficient (Wildman–Crippen LogP) is 0.862. The zero-order valence-electron chi connectivity index (χ0n) is 10.5. The van der Waals surface area contributed by atoms with Crippen LogP contribution in [0.25, 0.3) is 11.2 Å². The first-order valence-electron chi connectivity index (χ1n) is 5.69. The number of imidazole rings is 1. The lowest BCUT2D eigenvalue weighted by Gasteiger charge is -2.17. The average molecular weight is 234 g/mol. The largest absolute Gasteiger partial charge is 0.330 e. The first kappa shape index (κ1) is 11.9. The molecule has 0 spiro atoms. The fourth-order valence-electron chi connectivity index (χ4n) is 1.83. The Labute approximate surface area is 99.9 Å². The van der Waals surface area contributed by atoms with E-state index in [1.165, 1.54) is 0 Å². The Balaban J connectivity index is 2.47. The normalized spacial score (nSPS) is 12.2. The van der Waals surface area contributed by atoms with Crippen LogP contribution in [0.3, 0.4) is 0 Å². The first-order valence-corrected chi connectivity index (χ1v) is 5.69. The highest BCUT2D eigenvalue weighted by Crippen LogP contribution is 2.11. The van der Waals surface area contributed by atoms with Gasteiger partial charge in [-0.1, -0.05) is 0 Å². The molecule has 92 valence electrons. The molecule has 5 nitrogen and oxygen atoms in total. The number of rotatable bonds is 3. The molecule has 17 heavy (non-hydrogen) atoms. The molecular weight excluding hydrogens is 216 g/mol. The summed E-state index contributed by atoms with van der Waals surface area (Å²) in [6.45, 7) is 4.50. The summed E-state index contributed by atoms with van der Waals surface area (Å²) in [5.41, 5.74) is 7.20. The molecule has 2 aromatic rings. The van der Waals surface area contributed by atoms with E-state index in [9.17, 15) is 4.79 Å². The van der Waals surface area contributed by atoms with Crippen LogP contribution in [0.2, 0.25) is 0 Å². The van der Waals surface area contributed by atoms with Crippen LogP contribution in [0.15, 0.2) is 23.1 Å². The number of pyridine rings is 1. The van der Waals surface area contributed by atoms with E-state index in [0.29, 0.717) is 6.54 Å². The number of aromatic nitrogens is 3. The van der Waals surface area contributed by atoms with Gasteiger partial charge in [-0.2, -0.15) is 0 Å². The van der Waals surface area contributed by atoms with Crippen molar-refractivity contribution in [1.82, 2.24) is 14.1 Å². The van der Waals surface area contributed by atoms with Crippen LogP contribution in [-0.4, -0.2) is 19.7 Å². The van der Waals surface area contributed by atoms with Gasteiger partial charge in [-0.05, 0) is 32.4 Å². The summed E-state index contributed by atoms with van der Waals surface area (Å²) >= 11 is 0. The van der Waals surface area contributed by atoms with Crippen LogP contribution in [0.1, 0.15) is 20.3 Å². The summed E-state index contributed by atoms with van der Waals surface area (Å²) in [6.07, 6.45) is 2.44. The monoisotopic (exact) mass is 234 g/mol. The summed E-state index contributed by atoms with van der Waals surface area (Å²) in [4.78, 5) is 16.3. The lowest BCUT2D eigenvalue weighted by Crippen LogP contribution is -2.35. The molecular formula is C12H18N4O. The van der Waals surface area contributed by atoms with E-state index in [2.05, 4.69) is 4.98 Å². The summed E-state index contributed by atoms with van der Waals surface area (Å²) in [5.74, 6) is 0. The van der Waals surface area contributed by atoms with Crippen molar-refractivity contribution in [3.05, 3.63) is 28.8 Å². The molecule has 0 aliphatic carbocycles. The van der Waals surface area contributed by atoms with Crippen molar-refractivity contribution in [2.75, 3.05) is 0 Å². The predicted molar refractivity (Wildman–Crippen MR) is 67.9 cm³/mol. The molecule has 0 radical (unpaired) electrons. The third-order valence-corrected chi connectivity index (χ3v) is 2.88. The van der Waals surface area contributed by atoms with Gasteiger partial charge >= 0.3 is 5.69 Å². The minimum absolute atomic E-state index is 0.0389. The second kappa shape index (κ2) is 4.00. The molecule has 0 saturated carbocycles.